The molecule has 1 fully saturated rings. The quantitative estimate of drug-likeness (QED) is 0.517. The first-order valence-electron chi connectivity index (χ1n) is 9.61. The smallest absolute Gasteiger partial charge is 0.285 e. The fraction of sp³-hybridized carbons (Fsp3) is 0.316. The van der Waals surface area contributed by atoms with Gasteiger partial charge in [0.1, 0.15) is 11.5 Å². The average molecular weight is 468 g/mol. The average Bonchev–Trinajstić information content (AvgIpc) is 3.36. The Hall–Kier alpha value is -3.19. The van der Waals surface area contributed by atoms with Gasteiger partial charge in [0.25, 0.3) is 5.91 Å². The Labute approximate surface area is 181 Å². The molecule has 0 aromatic carbocycles. The first-order chi connectivity index (χ1) is 15.0. The second kappa shape index (κ2) is 8.06. The van der Waals surface area contributed by atoms with E-state index in [1.54, 1.807) is 29.1 Å². The number of alkyl halides is 3. The number of rotatable bonds is 7. The zero-order valence-corrected chi connectivity index (χ0v) is 17.6. The second-order valence-electron chi connectivity index (χ2n) is 7.40. The van der Waals surface area contributed by atoms with Crippen molar-refractivity contribution in [3.63, 3.8) is 0 Å². The number of halogens is 3. The van der Waals surface area contributed by atoms with Crippen molar-refractivity contribution in [1.82, 2.24) is 28.8 Å². The summed E-state index contributed by atoms with van der Waals surface area (Å²) in [6.45, 7) is 0.199. The van der Waals surface area contributed by atoms with Crippen molar-refractivity contribution in [2.45, 2.75) is 19.0 Å². The number of hydrogen-bond donors (Lipinski definition) is 2. The predicted molar refractivity (Wildman–Crippen MR) is 110 cm³/mol. The van der Waals surface area contributed by atoms with E-state index in [1.165, 1.54) is 17.8 Å². The lowest BCUT2D eigenvalue weighted by Gasteiger charge is -2.08. The van der Waals surface area contributed by atoms with Crippen LogP contribution in [0, 0.1) is 5.92 Å². The van der Waals surface area contributed by atoms with Gasteiger partial charge in [0.05, 0.1) is 5.56 Å². The molecule has 1 amide bonds. The molecule has 0 unspecified atom stereocenters. The normalized spacial score (nSPS) is 15.0. The lowest BCUT2D eigenvalue weighted by molar-refractivity contribution is -0.141. The first kappa shape index (κ1) is 22.0. The Morgan fingerprint density at radius 3 is 2.75 bits per heavy atom. The maximum atomic E-state index is 13.6. The number of aryl methyl sites for hydroxylation is 1. The van der Waals surface area contributed by atoms with Crippen LogP contribution < -0.4 is 9.44 Å². The van der Waals surface area contributed by atoms with Crippen molar-refractivity contribution in [3.05, 3.63) is 47.9 Å². The van der Waals surface area contributed by atoms with Gasteiger partial charge in [-0.15, -0.1) is 0 Å². The number of pyridine rings is 1. The fourth-order valence-corrected chi connectivity index (χ4v) is 4.09. The summed E-state index contributed by atoms with van der Waals surface area (Å²) in [7, 11) is -2.78. The number of carbonyl (C=O) groups excluding carboxylic acids is 1. The Bertz CT molecular complexity index is 1310. The molecule has 1 aliphatic rings. The van der Waals surface area contributed by atoms with Gasteiger partial charge in [-0.25, -0.2) is 9.71 Å². The standard InChI is InChI=1S/C19H19F3N6O3S/c1-27-18(28-10-8-13-3-2-9-23-17(13)28)14(16(25-27)19(20,21)22)6-7-15(29)26-32(30,31)24-11-12-4-5-12/h2-3,6-10,12,24H,4-5,11H2,1H3,(H,26,29). The van der Waals surface area contributed by atoms with Crippen LogP contribution in [0.3, 0.4) is 0 Å². The number of amides is 1. The zero-order chi connectivity index (χ0) is 23.1. The molecular formula is C19H19F3N6O3S. The fourth-order valence-electron chi connectivity index (χ4n) is 3.23. The first-order valence-corrected chi connectivity index (χ1v) is 11.1. The summed E-state index contributed by atoms with van der Waals surface area (Å²) < 4.78 is 71.2. The van der Waals surface area contributed by atoms with Crippen molar-refractivity contribution in [1.29, 1.82) is 0 Å². The molecular weight excluding hydrogens is 449 g/mol. The maximum absolute atomic E-state index is 13.6. The van der Waals surface area contributed by atoms with E-state index >= 15 is 0 Å². The third-order valence-electron chi connectivity index (χ3n) is 4.89. The highest BCUT2D eigenvalue weighted by atomic mass is 32.2. The lowest BCUT2D eigenvalue weighted by atomic mass is 10.2. The highest BCUT2D eigenvalue weighted by molar-refractivity contribution is 7.88. The third kappa shape index (κ3) is 4.67. The Morgan fingerprint density at radius 1 is 1.31 bits per heavy atom. The summed E-state index contributed by atoms with van der Waals surface area (Å²) in [6, 6.07) is 5.13. The van der Waals surface area contributed by atoms with Gasteiger partial charge in [-0.05, 0) is 43.0 Å². The van der Waals surface area contributed by atoms with Crippen molar-refractivity contribution < 1.29 is 26.4 Å². The number of nitrogens with zero attached hydrogens (tertiary/aromatic N) is 4. The molecule has 3 heterocycles. The van der Waals surface area contributed by atoms with E-state index in [-0.39, 0.29) is 18.3 Å². The molecule has 32 heavy (non-hydrogen) atoms. The van der Waals surface area contributed by atoms with Crippen LogP contribution in [0.2, 0.25) is 0 Å². The van der Waals surface area contributed by atoms with Gasteiger partial charge in [-0.1, -0.05) is 0 Å². The van der Waals surface area contributed by atoms with Crippen molar-refractivity contribution in [2.75, 3.05) is 6.54 Å². The van der Waals surface area contributed by atoms with Crippen LogP contribution in [0.5, 0.6) is 0 Å². The van der Waals surface area contributed by atoms with Gasteiger partial charge < -0.3 is 0 Å². The molecule has 170 valence electrons. The summed E-state index contributed by atoms with van der Waals surface area (Å²) in [5, 5.41) is 4.28. The van der Waals surface area contributed by atoms with E-state index in [2.05, 4.69) is 14.8 Å². The van der Waals surface area contributed by atoms with E-state index in [0.717, 1.165) is 29.7 Å². The molecule has 1 aliphatic carbocycles. The highest BCUT2D eigenvalue weighted by Gasteiger charge is 2.38. The van der Waals surface area contributed by atoms with Crippen LogP contribution in [-0.2, 0) is 28.2 Å². The second-order valence-corrected chi connectivity index (χ2v) is 8.90. The summed E-state index contributed by atoms with van der Waals surface area (Å²) in [4.78, 5) is 16.3. The minimum atomic E-state index is -4.81. The molecule has 4 rings (SSSR count). The van der Waals surface area contributed by atoms with Gasteiger partial charge >= 0.3 is 16.4 Å². The van der Waals surface area contributed by atoms with Gasteiger partial charge in [0.15, 0.2) is 5.69 Å². The summed E-state index contributed by atoms with van der Waals surface area (Å²) in [5.41, 5.74) is -1.22. The van der Waals surface area contributed by atoms with Crippen LogP contribution in [0.15, 0.2) is 36.7 Å². The van der Waals surface area contributed by atoms with E-state index in [9.17, 15) is 26.4 Å². The Balaban J connectivity index is 1.68. The van der Waals surface area contributed by atoms with E-state index in [1.807, 2.05) is 0 Å². The summed E-state index contributed by atoms with van der Waals surface area (Å²) >= 11 is 0. The Morgan fingerprint density at radius 2 is 2.06 bits per heavy atom. The number of fused-ring (bicyclic) bond motifs is 1. The topological polar surface area (TPSA) is 111 Å². The van der Waals surface area contributed by atoms with Gasteiger partial charge in [0.2, 0.25) is 0 Å². The molecule has 9 nitrogen and oxygen atoms in total. The molecule has 3 aromatic heterocycles. The third-order valence-corrected chi connectivity index (χ3v) is 5.91. The van der Waals surface area contributed by atoms with E-state index in [0.29, 0.717) is 11.0 Å². The molecule has 0 atom stereocenters. The van der Waals surface area contributed by atoms with Crippen LogP contribution in [0.1, 0.15) is 24.1 Å². The summed E-state index contributed by atoms with van der Waals surface area (Å²) in [6.07, 6.45) is 1.67. The largest absolute Gasteiger partial charge is 0.435 e. The van der Waals surface area contributed by atoms with Gasteiger partial charge in [-0.2, -0.15) is 31.4 Å². The monoisotopic (exact) mass is 468 g/mol. The number of aromatic nitrogens is 4. The SMILES string of the molecule is Cn1nc(C(F)(F)F)c(C=CC(=O)NS(=O)(=O)NCC2CC2)c1-n1ccc2cccnc21. The maximum Gasteiger partial charge on any atom is 0.435 e. The molecule has 2 N–H and O–H groups in total. The zero-order valence-electron chi connectivity index (χ0n) is 16.8. The van der Waals surface area contributed by atoms with E-state index < -0.39 is 33.6 Å². The molecule has 0 saturated heterocycles. The van der Waals surface area contributed by atoms with Crippen LogP contribution in [0.25, 0.3) is 22.9 Å². The van der Waals surface area contributed by atoms with Crippen LogP contribution in [0.4, 0.5) is 13.2 Å². The molecule has 0 spiro atoms. The number of hydrogen-bond acceptors (Lipinski definition) is 5. The van der Waals surface area contributed by atoms with E-state index in [4.69, 9.17) is 0 Å². The number of carbonyl (C=O) groups is 1. The number of nitrogens with one attached hydrogen (secondary N) is 2. The Kier molecular flexibility index (Phi) is 5.54. The molecule has 0 bridgehead atoms. The minimum Gasteiger partial charge on any atom is -0.285 e. The van der Waals surface area contributed by atoms with Gasteiger partial charge in [0, 0.05) is 37.4 Å². The van der Waals surface area contributed by atoms with Crippen LogP contribution >= 0.6 is 0 Å². The predicted octanol–water partition coefficient (Wildman–Crippen LogP) is 2.15. The highest BCUT2D eigenvalue weighted by Crippen LogP contribution is 2.35. The minimum absolute atomic E-state index is 0.0183. The molecule has 0 radical (unpaired) electrons. The van der Waals surface area contributed by atoms with Crippen LogP contribution in [-0.4, -0.2) is 40.2 Å². The van der Waals surface area contributed by atoms with Crippen molar-refractivity contribution >= 4 is 33.2 Å². The van der Waals surface area contributed by atoms with Gasteiger partial charge in [-0.3, -0.25) is 14.0 Å². The molecule has 0 aliphatic heterocycles. The lowest BCUT2D eigenvalue weighted by Crippen LogP contribution is -2.40. The summed E-state index contributed by atoms with van der Waals surface area (Å²) in [5.74, 6) is -0.828. The molecule has 3 aromatic rings. The molecule has 1 saturated carbocycles. The molecule has 13 heteroatoms. The van der Waals surface area contributed by atoms with Crippen molar-refractivity contribution in [3.8, 4) is 5.82 Å². The van der Waals surface area contributed by atoms with Crippen molar-refractivity contribution in [2.24, 2.45) is 13.0 Å².